The van der Waals surface area contributed by atoms with E-state index in [1.165, 1.54) is 6.08 Å². The summed E-state index contributed by atoms with van der Waals surface area (Å²) in [6, 6.07) is 8.13. The molecule has 1 aliphatic rings. The Bertz CT molecular complexity index is 1260. The Morgan fingerprint density at radius 1 is 0.969 bits per heavy atom. The molecule has 0 saturated carbocycles. The lowest BCUT2D eigenvalue weighted by Gasteiger charge is -2.19. The van der Waals surface area contributed by atoms with E-state index in [9.17, 15) is 35.9 Å². The van der Waals surface area contributed by atoms with Crippen LogP contribution in [0, 0.1) is 0 Å². The van der Waals surface area contributed by atoms with Crippen molar-refractivity contribution >= 4 is 39.9 Å². The summed E-state index contributed by atoms with van der Waals surface area (Å²) in [5.74, 6) is -0.819. The van der Waals surface area contributed by atoms with Crippen LogP contribution in [0.5, 0.6) is 0 Å². The molecule has 0 atom stereocenters. The number of imide groups is 1. The first-order chi connectivity index (χ1) is 14.9. The zero-order valence-electron chi connectivity index (χ0n) is 15.8. The number of benzene rings is 2. The Hall–Kier alpha value is -3.21. The standard InChI is InChI=1S/C21H12F6N2O2S/c22-20(23,24)13-5-4-12(15(9-13)21(25,26)27)10-29-18(30)17(32-19(29)31)8-11-2-1-3-16-14(11)6-7-28-16/h1-9,28H,10H2. The number of aromatic nitrogens is 1. The van der Waals surface area contributed by atoms with Crippen molar-refractivity contribution in [2.75, 3.05) is 0 Å². The summed E-state index contributed by atoms with van der Waals surface area (Å²) in [4.78, 5) is 28.7. The molecule has 1 aromatic heterocycles. The highest BCUT2D eigenvalue weighted by Gasteiger charge is 2.41. The van der Waals surface area contributed by atoms with E-state index in [4.69, 9.17) is 0 Å². The first kappa shape index (κ1) is 22.0. The quantitative estimate of drug-likeness (QED) is 0.354. The highest BCUT2D eigenvalue weighted by molar-refractivity contribution is 8.18. The number of amides is 2. The molecule has 1 saturated heterocycles. The van der Waals surface area contributed by atoms with Crippen LogP contribution in [0.15, 0.2) is 53.6 Å². The third-order valence-electron chi connectivity index (χ3n) is 4.86. The van der Waals surface area contributed by atoms with Gasteiger partial charge in [-0.1, -0.05) is 18.2 Å². The van der Waals surface area contributed by atoms with Gasteiger partial charge in [0.25, 0.3) is 11.1 Å². The van der Waals surface area contributed by atoms with Gasteiger partial charge in [-0.15, -0.1) is 0 Å². The number of aromatic amines is 1. The van der Waals surface area contributed by atoms with Crippen molar-refractivity contribution < 1.29 is 35.9 Å². The second-order valence-electron chi connectivity index (χ2n) is 6.92. The molecule has 3 aromatic rings. The van der Waals surface area contributed by atoms with E-state index in [2.05, 4.69) is 4.98 Å². The second-order valence-corrected chi connectivity index (χ2v) is 7.91. The average molecular weight is 470 g/mol. The van der Waals surface area contributed by atoms with Crippen LogP contribution in [0.25, 0.3) is 17.0 Å². The van der Waals surface area contributed by atoms with E-state index >= 15 is 0 Å². The molecule has 1 N–H and O–H groups in total. The smallest absolute Gasteiger partial charge is 0.361 e. The number of rotatable bonds is 3. The molecular formula is C21H12F6N2O2S. The summed E-state index contributed by atoms with van der Waals surface area (Å²) in [5.41, 5.74) is -2.21. The van der Waals surface area contributed by atoms with Crippen LogP contribution in [-0.4, -0.2) is 21.0 Å². The lowest BCUT2D eigenvalue weighted by Crippen LogP contribution is -2.29. The van der Waals surface area contributed by atoms with Gasteiger partial charge in [0.1, 0.15) is 0 Å². The summed E-state index contributed by atoms with van der Waals surface area (Å²) in [6.45, 7) is -0.802. The Morgan fingerprint density at radius 3 is 2.41 bits per heavy atom. The number of halogens is 6. The summed E-state index contributed by atoms with van der Waals surface area (Å²) < 4.78 is 78.8. The lowest BCUT2D eigenvalue weighted by molar-refractivity contribution is -0.144. The molecule has 4 rings (SSSR count). The maximum Gasteiger partial charge on any atom is 0.416 e. The van der Waals surface area contributed by atoms with Gasteiger partial charge in [0.05, 0.1) is 22.6 Å². The SMILES string of the molecule is O=C1SC(=Cc2cccc3[nH]ccc23)C(=O)N1Cc1ccc(C(F)(F)F)cc1C(F)(F)F. The molecule has 2 amide bonds. The Balaban J connectivity index is 1.67. The first-order valence-corrected chi connectivity index (χ1v) is 9.85. The fraction of sp³-hybridized carbons (Fsp3) is 0.143. The van der Waals surface area contributed by atoms with Gasteiger partial charge in [-0.3, -0.25) is 14.5 Å². The summed E-state index contributed by atoms with van der Waals surface area (Å²) in [7, 11) is 0. The molecule has 1 fully saturated rings. The summed E-state index contributed by atoms with van der Waals surface area (Å²) >= 11 is 0.555. The van der Waals surface area contributed by atoms with Crippen molar-refractivity contribution in [3.8, 4) is 0 Å². The third kappa shape index (κ3) is 4.12. The van der Waals surface area contributed by atoms with Crippen molar-refractivity contribution in [2.45, 2.75) is 18.9 Å². The van der Waals surface area contributed by atoms with Gasteiger partial charge < -0.3 is 4.98 Å². The molecule has 0 spiro atoms. The van der Waals surface area contributed by atoms with Gasteiger partial charge in [-0.05, 0) is 53.2 Å². The van der Waals surface area contributed by atoms with Gasteiger partial charge in [0.15, 0.2) is 0 Å². The predicted octanol–water partition coefficient (Wildman–Crippen LogP) is 6.44. The van der Waals surface area contributed by atoms with Gasteiger partial charge in [0, 0.05) is 17.1 Å². The highest BCUT2D eigenvalue weighted by Crippen LogP contribution is 2.40. The molecule has 0 aliphatic carbocycles. The van der Waals surface area contributed by atoms with E-state index in [0.717, 1.165) is 10.9 Å². The minimum atomic E-state index is -5.10. The number of thioether (sulfide) groups is 1. The van der Waals surface area contributed by atoms with Gasteiger partial charge in [-0.2, -0.15) is 26.3 Å². The first-order valence-electron chi connectivity index (χ1n) is 9.04. The average Bonchev–Trinajstić information content (AvgIpc) is 3.28. The fourth-order valence-electron chi connectivity index (χ4n) is 3.34. The van der Waals surface area contributed by atoms with E-state index in [1.54, 1.807) is 24.4 Å². The van der Waals surface area contributed by atoms with Gasteiger partial charge in [-0.25, -0.2) is 0 Å². The zero-order valence-corrected chi connectivity index (χ0v) is 16.7. The topological polar surface area (TPSA) is 53.2 Å². The lowest BCUT2D eigenvalue weighted by atomic mass is 10.0. The molecule has 0 radical (unpaired) electrons. The Kier molecular flexibility index (Phi) is 5.32. The van der Waals surface area contributed by atoms with Crippen LogP contribution in [0.2, 0.25) is 0 Å². The zero-order chi connectivity index (χ0) is 23.3. The van der Waals surface area contributed by atoms with Crippen molar-refractivity contribution in [3.63, 3.8) is 0 Å². The largest absolute Gasteiger partial charge is 0.416 e. The highest BCUT2D eigenvalue weighted by atomic mass is 32.2. The second kappa shape index (κ2) is 7.73. The van der Waals surface area contributed by atoms with Crippen molar-refractivity contribution in [1.82, 2.24) is 9.88 Å². The van der Waals surface area contributed by atoms with E-state index in [1.807, 2.05) is 6.07 Å². The number of hydrogen-bond acceptors (Lipinski definition) is 3. The predicted molar refractivity (Wildman–Crippen MR) is 106 cm³/mol. The van der Waals surface area contributed by atoms with Crippen LogP contribution >= 0.6 is 11.8 Å². The third-order valence-corrected chi connectivity index (χ3v) is 5.77. The van der Waals surface area contributed by atoms with Crippen LogP contribution < -0.4 is 0 Å². The molecule has 2 heterocycles. The summed E-state index contributed by atoms with van der Waals surface area (Å²) in [6.07, 6.45) is -6.92. The van der Waals surface area contributed by atoms with Crippen molar-refractivity contribution in [3.05, 3.63) is 75.8 Å². The number of H-pyrrole nitrogens is 1. The Morgan fingerprint density at radius 2 is 1.72 bits per heavy atom. The number of nitrogens with one attached hydrogen (secondary N) is 1. The van der Waals surface area contributed by atoms with E-state index < -0.39 is 46.7 Å². The Labute approximate surface area is 180 Å². The number of fused-ring (bicyclic) bond motifs is 1. The summed E-state index contributed by atoms with van der Waals surface area (Å²) in [5, 5.41) is -0.0306. The number of alkyl halides is 6. The van der Waals surface area contributed by atoms with Crippen LogP contribution in [-0.2, 0) is 23.7 Å². The number of carbonyl (C=O) groups is 2. The molecule has 2 aromatic carbocycles. The van der Waals surface area contributed by atoms with E-state index in [-0.39, 0.29) is 11.0 Å². The minimum Gasteiger partial charge on any atom is -0.361 e. The van der Waals surface area contributed by atoms with Crippen LogP contribution in [0.3, 0.4) is 0 Å². The molecule has 4 nitrogen and oxygen atoms in total. The molecule has 1 aliphatic heterocycles. The normalized spacial score (nSPS) is 16.6. The number of hydrogen-bond donors (Lipinski definition) is 1. The molecule has 0 bridgehead atoms. The molecule has 166 valence electrons. The monoisotopic (exact) mass is 470 g/mol. The van der Waals surface area contributed by atoms with E-state index in [0.29, 0.717) is 34.4 Å². The molecule has 11 heteroatoms. The van der Waals surface area contributed by atoms with Crippen LogP contribution in [0.4, 0.5) is 31.1 Å². The minimum absolute atomic E-state index is 0.00386. The molecule has 0 unspecified atom stereocenters. The van der Waals surface area contributed by atoms with Crippen molar-refractivity contribution in [1.29, 1.82) is 0 Å². The van der Waals surface area contributed by atoms with Gasteiger partial charge in [0.2, 0.25) is 0 Å². The number of nitrogens with zero attached hydrogens (tertiary/aromatic N) is 1. The maximum atomic E-state index is 13.4. The van der Waals surface area contributed by atoms with Gasteiger partial charge >= 0.3 is 12.4 Å². The maximum absolute atomic E-state index is 13.4. The molecule has 32 heavy (non-hydrogen) atoms. The van der Waals surface area contributed by atoms with Crippen LogP contribution in [0.1, 0.15) is 22.3 Å². The fourth-order valence-corrected chi connectivity index (χ4v) is 4.17. The number of carbonyl (C=O) groups excluding carboxylic acids is 2. The van der Waals surface area contributed by atoms with Crippen molar-refractivity contribution in [2.24, 2.45) is 0 Å². The molecular weight excluding hydrogens is 458 g/mol.